The van der Waals surface area contributed by atoms with Gasteiger partial charge in [-0.1, -0.05) is 6.07 Å². The minimum absolute atomic E-state index is 0.0206. The first-order valence-corrected chi connectivity index (χ1v) is 10.4. The molecule has 0 unspecified atom stereocenters. The number of ether oxygens (including phenoxy) is 1. The highest BCUT2D eigenvalue weighted by molar-refractivity contribution is 7.80. The lowest BCUT2D eigenvalue weighted by molar-refractivity contribution is 0.272. The van der Waals surface area contributed by atoms with E-state index in [9.17, 15) is 0 Å². The van der Waals surface area contributed by atoms with Crippen LogP contribution < -0.4 is 10.1 Å². The van der Waals surface area contributed by atoms with Gasteiger partial charge in [-0.3, -0.25) is 4.98 Å². The van der Waals surface area contributed by atoms with Crippen LogP contribution >= 0.6 is 12.2 Å². The molecule has 2 atom stereocenters. The third-order valence-corrected chi connectivity index (χ3v) is 5.77. The van der Waals surface area contributed by atoms with Crippen LogP contribution in [0.4, 0.5) is 0 Å². The first-order chi connectivity index (χ1) is 14.6. The molecule has 4 rings (SSSR count). The molecule has 1 fully saturated rings. The van der Waals surface area contributed by atoms with Gasteiger partial charge in [-0.05, 0) is 74.8 Å². The molecule has 1 aliphatic heterocycles. The van der Waals surface area contributed by atoms with Gasteiger partial charge >= 0.3 is 0 Å². The van der Waals surface area contributed by atoms with Crippen LogP contribution in [0.5, 0.6) is 5.75 Å². The Morgan fingerprint density at radius 2 is 1.90 bits per heavy atom. The fraction of sp³-hybridized carbons (Fsp3) is 0.304. The number of methoxy groups -OCH3 is 1. The van der Waals surface area contributed by atoms with Crippen molar-refractivity contribution in [2.75, 3.05) is 34.3 Å². The third kappa shape index (κ3) is 4.04. The highest BCUT2D eigenvalue weighted by atomic mass is 32.1. The Morgan fingerprint density at radius 1 is 1.10 bits per heavy atom. The van der Waals surface area contributed by atoms with E-state index in [0.29, 0.717) is 0 Å². The molecule has 1 aromatic carbocycles. The first-order valence-electron chi connectivity index (χ1n) is 10.0. The van der Waals surface area contributed by atoms with E-state index in [2.05, 4.69) is 75.3 Å². The van der Waals surface area contributed by atoms with Crippen LogP contribution in [-0.4, -0.2) is 58.8 Å². The molecule has 1 saturated heterocycles. The molecule has 156 valence electrons. The molecule has 6 nitrogen and oxygen atoms in total. The van der Waals surface area contributed by atoms with Gasteiger partial charge in [0.2, 0.25) is 0 Å². The molecule has 30 heavy (non-hydrogen) atoms. The van der Waals surface area contributed by atoms with Gasteiger partial charge in [-0.15, -0.1) is 0 Å². The summed E-state index contributed by atoms with van der Waals surface area (Å²) in [4.78, 5) is 9.08. The van der Waals surface area contributed by atoms with Crippen LogP contribution in [0.3, 0.4) is 0 Å². The molecular weight excluding hydrogens is 394 g/mol. The van der Waals surface area contributed by atoms with E-state index in [-0.39, 0.29) is 12.1 Å². The fourth-order valence-corrected chi connectivity index (χ4v) is 4.22. The van der Waals surface area contributed by atoms with Crippen LogP contribution in [-0.2, 0) is 0 Å². The summed E-state index contributed by atoms with van der Waals surface area (Å²) >= 11 is 5.76. The molecule has 3 aromatic rings. The summed E-state index contributed by atoms with van der Waals surface area (Å²) in [7, 11) is 5.84. The number of benzene rings is 1. The smallest absolute Gasteiger partial charge is 0.170 e. The van der Waals surface area contributed by atoms with E-state index in [0.717, 1.165) is 35.3 Å². The summed E-state index contributed by atoms with van der Waals surface area (Å²) < 4.78 is 7.54. The lowest BCUT2D eigenvalue weighted by Gasteiger charge is -2.29. The van der Waals surface area contributed by atoms with Gasteiger partial charge in [-0.2, -0.15) is 0 Å². The first kappa shape index (κ1) is 20.4. The molecule has 0 radical (unpaired) electrons. The Morgan fingerprint density at radius 3 is 2.57 bits per heavy atom. The molecule has 7 heteroatoms. The predicted molar refractivity (Wildman–Crippen MR) is 123 cm³/mol. The zero-order chi connectivity index (χ0) is 21.1. The SMILES string of the molecule is COc1ccc(-n2cccc2[C@@H]2[C@H](c3ccccn3)NC(=S)N2CCN(C)C)cc1. The normalized spacial score (nSPS) is 18.7. The Kier molecular flexibility index (Phi) is 6.01. The number of rotatable bonds is 7. The van der Waals surface area contributed by atoms with Crippen molar-refractivity contribution in [2.24, 2.45) is 0 Å². The van der Waals surface area contributed by atoms with Gasteiger partial charge in [-0.25, -0.2) is 0 Å². The van der Waals surface area contributed by atoms with Crippen molar-refractivity contribution in [2.45, 2.75) is 12.1 Å². The Hall–Kier alpha value is -2.90. The number of likely N-dealkylation sites (N-methyl/N-ethyl adjacent to an activating group) is 1. The molecule has 0 bridgehead atoms. The quantitative estimate of drug-likeness (QED) is 0.590. The van der Waals surface area contributed by atoms with E-state index in [1.807, 2.05) is 30.5 Å². The predicted octanol–water partition coefficient (Wildman–Crippen LogP) is 3.42. The van der Waals surface area contributed by atoms with E-state index in [1.165, 1.54) is 5.69 Å². The van der Waals surface area contributed by atoms with Crippen molar-refractivity contribution >= 4 is 17.3 Å². The second-order valence-electron chi connectivity index (χ2n) is 7.62. The maximum Gasteiger partial charge on any atom is 0.170 e. The molecular formula is C23H27N5OS. The van der Waals surface area contributed by atoms with Gasteiger partial charge < -0.3 is 24.4 Å². The standard InChI is InChI=1S/C23H27N5OS/c1-26(2)15-16-28-22(21(25-23(28)30)19-7-4-5-13-24-19)20-8-6-14-27(20)17-9-11-18(29-3)12-10-17/h4-14,21-22H,15-16H2,1-3H3,(H,25,30)/t21-,22+/m0/s1. The maximum atomic E-state index is 5.76. The van der Waals surface area contributed by atoms with Crippen LogP contribution in [0.25, 0.3) is 5.69 Å². The molecule has 1 N–H and O–H groups in total. The lowest BCUT2D eigenvalue weighted by atomic mass is 10.0. The summed E-state index contributed by atoms with van der Waals surface area (Å²) in [6, 6.07) is 18.4. The second-order valence-corrected chi connectivity index (χ2v) is 8.01. The molecule has 0 spiro atoms. The van der Waals surface area contributed by atoms with Gasteiger partial charge in [0, 0.05) is 36.9 Å². The number of nitrogens with one attached hydrogen (secondary N) is 1. The summed E-state index contributed by atoms with van der Waals surface area (Å²) in [6.07, 6.45) is 3.93. The summed E-state index contributed by atoms with van der Waals surface area (Å²) in [5, 5.41) is 4.29. The molecule has 0 saturated carbocycles. The number of hydrogen-bond donors (Lipinski definition) is 1. The largest absolute Gasteiger partial charge is 0.497 e. The average molecular weight is 422 g/mol. The van der Waals surface area contributed by atoms with Crippen LogP contribution in [0, 0.1) is 0 Å². The van der Waals surface area contributed by atoms with Crippen LogP contribution in [0.15, 0.2) is 67.0 Å². The zero-order valence-corrected chi connectivity index (χ0v) is 18.3. The highest BCUT2D eigenvalue weighted by Crippen LogP contribution is 2.39. The van der Waals surface area contributed by atoms with Crippen molar-refractivity contribution in [1.82, 2.24) is 24.7 Å². The maximum absolute atomic E-state index is 5.76. The van der Waals surface area contributed by atoms with Crippen molar-refractivity contribution in [3.05, 3.63) is 78.4 Å². The van der Waals surface area contributed by atoms with E-state index < -0.39 is 0 Å². The molecule has 1 aliphatic rings. The van der Waals surface area contributed by atoms with Crippen molar-refractivity contribution in [1.29, 1.82) is 0 Å². The van der Waals surface area contributed by atoms with Gasteiger partial charge in [0.15, 0.2) is 5.11 Å². The molecule has 0 aliphatic carbocycles. The van der Waals surface area contributed by atoms with Crippen LogP contribution in [0.1, 0.15) is 23.5 Å². The van der Waals surface area contributed by atoms with Crippen LogP contribution in [0.2, 0.25) is 0 Å². The molecule has 2 aromatic heterocycles. The summed E-state index contributed by atoms with van der Waals surface area (Å²) in [5.74, 6) is 0.843. The highest BCUT2D eigenvalue weighted by Gasteiger charge is 2.41. The van der Waals surface area contributed by atoms with Gasteiger partial charge in [0.1, 0.15) is 5.75 Å². The number of pyridine rings is 1. The Labute approximate surface area is 183 Å². The van der Waals surface area contributed by atoms with E-state index >= 15 is 0 Å². The average Bonchev–Trinajstić information content (AvgIpc) is 3.37. The third-order valence-electron chi connectivity index (χ3n) is 5.42. The second kappa shape index (κ2) is 8.85. The van der Waals surface area contributed by atoms with Crippen molar-refractivity contribution in [3.63, 3.8) is 0 Å². The number of aromatic nitrogens is 2. The fourth-order valence-electron chi connectivity index (χ4n) is 3.89. The van der Waals surface area contributed by atoms with Crippen molar-refractivity contribution in [3.8, 4) is 11.4 Å². The Balaban J connectivity index is 1.75. The van der Waals surface area contributed by atoms with Crippen molar-refractivity contribution < 1.29 is 4.74 Å². The zero-order valence-electron chi connectivity index (χ0n) is 17.5. The summed E-state index contributed by atoms with van der Waals surface area (Å²) in [6.45, 7) is 1.75. The topological polar surface area (TPSA) is 45.6 Å². The Bertz CT molecular complexity index is 986. The molecule has 0 amide bonds. The lowest BCUT2D eigenvalue weighted by Crippen LogP contribution is -2.36. The number of thiocarbonyl (C=S) groups is 1. The molecule has 3 heterocycles. The van der Waals surface area contributed by atoms with Gasteiger partial charge in [0.05, 0.1) is 24.9 Å². The monoisotopic (exact) mass is 421 g/mol. The number of nitrogens with zero attached hydrogens (tertiary/aromatic N) is 4. The minimum Gasteiger partial charge on any atom is -0.497 e. The van der Waals surface area contributed by atoms with Gasteiger partial charge in [0.25, 0.3) is 0 Å². The minimum atomic E-state index is -0.0206. The van der Waals surface area contributed by atoms with E-state index in [4.69, 9.17) is 17.0 Å². The van der Waals surface area contributed by atoms with E-state index in [1.54, 1.807) is 7.11 Å². The number of hydrogen-bond acceptors (Lipinski definition) is 4. The summed E-state index contributed by atoms with van der Waals surface area (Å²) in [5.41, 5.74) is 3.24.